The second-order valence-electron chi connectivity index (χ2n) is 5.29. The van der Waals surface area contributed by atoms with Crippen LogP contribution in [0.15, 0.2) is 29.3 Å². The van der Waals surface area contributed by atoms with Gasteiger partial charge in [0.2, 0.25) is 5.90 Å². The van der Waals surface area contributed by atoms with E-state index < -0.39 is 0 Å². The van der Waals surface area contributed by atoms with Crippen LogP contribution >= 0.6 is 0 Å². The average Bonchev–Trinajstić information content (AvgIpc) is 2.78. The van der Waals surface area contributed by atoms with E-state index in [0.717, 1.165) is 5.56 Å². The Labute approximate surface area is 102 Å². The maximum absolute atomic E-state index is 6.90. The first-order valence-electron chi connectivity index (χ1n) is 5.69. The molecule has 2 rings (SSSR count). The second-order valence-corrected chi connectivity index (χ2v) is 5.29. The highest BCUT2D eigenvalue weighted by atomic mass is 16.5. The number of hydrogen-bond donors (Lipinski definition) is 0. The van der Waals surface area contributed by atoms with Crippen LogP contribution in [-0.2, 0) is 4.74 Å². The van der Waals surface area contributed by atoms with Gasteiger partial charge >= 0.3 is 0 Å². The molecule has 17 heavy (non-hydrogen) atoms. The fourth-order valence-electron chi connectivity index (χ4n) is 1.65. The summed E-state index contributed by atoms with van der Waals surface area (Å²) in [7, 11) is 0. The van der Waals surface area contributed by atoms with Gasteiger partial charge in [-0.2, -0.15) is 0 Å². The van der Waals surface area contributed by atoms with E-state index in [2.05, 4.69) is 30.6 Å². The molecular weight excluding hydrogens is 212 g/mol. The van der Waals surface area contributed by atoms with Crippen LogP contribution in [0.4, 0.5) is 5.69 Å². The Hall–Kier alpha value is -1.82. The fourth-order valence-corrected chi connectivity index (χ4v) is 1.65. The highest BCUT2D eigenvalue weighted by molar-refractivity contribution is 5.95. The third kappa shape index (κ3) is 2.47. The maximum Gasteiger partial charge on any atom is 0.216 e. The summed E-state index contributed by atoms with van der Waals surface area (Å²) in [4.78, 5) is 7.96. The maximum atomic E-state index is 6.90. The van der Waals surface area contributed by atoms with E-state index in [4.69, 9.17) is 11.3 Å². The largest absolute Gasteiger partial charge is 0.475 e. The summed E-state index contributed by atoms with van der Waals surface area (Å²) in [5.74, 6) is 0.696. The first-order valence-corrected chi connectivity index (χ1v) is 5.69. The van der Waals surface area contributed by atoms with Crippen molar-refractivity contribution in [1.82, 2.24) is 0 Å². The topological polar surface area (TPSA) is 25.9 Å². The zero-order chi connectivity index (χ0) is 12.5. The van der Waals surface area contributed by atoms with Crippen molar-refractivity contribution < 1.29 is 4.74 Å². The molecule has 0 saturated heterocycles. The molecule has 0 spiro atoms. The summed E-state index contributed by atoms with van der Waals surface area (Å²) in [5.41, 5.74) is 1.71. The van der Waals surface area contributed by atoms with Crippen molar-refractivity contribution in [2.24, 2.45) is 10.4 Å². The van der Waals surface area contributed by atoms with Crippen LogP contribution in [0.25, 0.3) is 4.85 Å². The Kier molecular flexibility index (Phi) is 2.89. The normalized spacial score (nSPS) is 19.4. The Bertz CT molecular complexity index is 474. The van der Waals surface area contributed by atoms with Crippen LogP contribution in [-0.4, -0.2) is 18.5 Å². The number of nitrogens with zero attached hydrogens (tertiary/aromatic N) is 2. The van der Waals surface area contributed by atoms with E-state index in [0.29, 0.717) is 18.2 Å². The monoisotopic (exact) mass is 228 g/mol. The lowest BCUT2D eigenvalue weighted by Crippen LogP contribution is -2.25. The van der Waals surface area contributed by atoms with Crippen LogP contribution in [0.5, 0.6) is 0 Å². The molecule has 0 fully saturated rings. The number of rotatable bonds is 1. The van der Waals surface area contributed by atoms with Gasteiger partial charge in [0.05, 0.1) is 12.6 Å². The molecule has 0 unspecified atom stereocenters. The van der Waals surface area contributed by atoms with Gasteiger partial charge in [0.15, 0.2) is 5.69 Å². The quantitative estimate of drug-likeness (QED) is 0.676. The summed E-state index contributed by atoms with van der Waals surface area (Å²) < 4.78 is 5.62. The summed E-state index contributed by atoms with van der Waals surface area (Å²) in [5, 5.41) is 0. The molecule has 0 N–H and O–H groups in total. The Morgan fingerprint density at radius 1 is 1.29 bits per heavy atom. The third-order valence-electron chi connectivity index (χ3n) is 2.89. The van der Waals surface area contributed by atoms with Crippen LogP contribution in [0.2, 0.25) is 0 Å². The first kappa shape index (κ1) is 11.7. The molecule has 0 radical (unpaired) electrons. The summed E-state index contributed by atoms with van der Waals surface area (Å²) >= 11 is 0. The highest BCUT2D eigenvalue weighted by Gasteiger charge is 2.30. The van der Waals surface area contributed by atoms with Crippen molar-refractivity contribution in [2.75, 3.05) is 6.61 Å². The van der Waals surface area contributed by atoms with Gasteiger partial charge in [0.25, 0.3) is 0 Å². The van der Waals surface area contributed by atoms with E-state index in [-0.39, 0.29) is 11.5 Å². The van der Waals surface area contributed by atoms with Crippen LogP contribution in [0.3, 0.4) is 0 Å². The summed E-state index contributed by atoms with van der Waals surface area (Å²) in [6, 6.07) is 7.56. The van der Waals surface area contributed by atoms with Crippen LogP contribution in [0.1, 0.15) is 26.3 Å². The van der Waals surface area contributed by atoms with E-state index >= 15 is 0 Å². The molecule has 0 saturated carbocycles. The lowest BCUT2D eigenvalue weighted by atomic mass is 9.88. The average molecular weight is 228 g/mol. The third-order valence-corrected chi connectivity index (χ3v) is 2.89. The van der Waals surface area contributed by atoms with Crippen molar-refractivity contribution >= 4 is 11.6 Å². The summed E-state index contributed by atoms with van der Waals surface area (Å²) in [6.07, 6.45) is 0. The second kappa shape index (κ2) is 4.21. The first-order chi connectivity index (χ1) is 8.00. The molecule has 0 amide bonds. The van der Waals surface area contributed by atoms with Crippen LogP contribution < -0.4 is 0 Å². The smallest absolute Gasteiger partial charge is 0.216 e. The van der Waals surface area contributed by atoms with E-state index in [1.54, 1.807) is 12.1 Å². The van der Waals surface area contributed by atoms with Crippen molar-refractivity contribution in [2.45, 2.75) is 26.8 Å². The van der Waals surface area contributed by atoms with Gasteiger partial charge < -0.3 is 4.74 Å². The zero-order valence-electron chi connectivity index (χ0n) is 10.4. The molecule has 0 aromatic heterocycles. The Balaban J connectivity index is 2.22. The van der Waals surface area contributed by atoms with Gasteiger partial charge in [-0.25, -0.2) is 9.84 Å². The van der Waals surface area contributed by atoms with E-state index in [9.17, 15) is 0 Å². The molecule has 1 aromatic rings. The summed E-state index contributed by atoms with van der Waals surface area (Å²) in [6.45, 7) is 14.0. The number of aliphatic imine (C=N–C) groups is 1. The van der Waals surface area contributed by atoms with Gasteiger partial charge in [-0.1, -0.05) is 45.0 Å². The van der Waals surface area contributed by atoms with Crippen molar-refractivity contribution in [3.63, 3.8) is 0 Å². The van der Waals surface area contributed by atoms with Gasteiger partial charge in [-0.05, 0) is 5.41 Å². The lowest BCUT2D eigenvalue weighted by Gasteiger charge is -2.21. The van der Waals surface area contributed by atoms with E-state index in [1.807, 2.05) is 12.1 Å². The molecule has 1 atom stereocenters. The lowest BCUT2D eigenvalue weighted by molar-refractivity contribution is 0.236. The van der Waals surface area contributed by atoms with E-state index in [1.165, 1.54) is 0 Å². The molecular formula is C14H16N2O. The molecule has 3 nitrogen and oxygen atoms in total. The molecule has 0 aliphatic carbocycles. The fraction of sp³-hybridized carbons (Fsp3) is 0.429. The molecule has 88 valence electrons. The van der Waals surface area contributed by atoms with Gasteiger partial charge in [-0.3, -0.25) is 0 Å². The van der Waals surface area contributed by atoms with Gasteiger partial charge in [-0.15, -0.1) is 0 Å². The molecule has 1 heterocycles. The van der Waals surface area contributed by atoms with Crippen molar-refractivity contribution in [3.8, 4) is 0 Å². The van der Waals surface area contributed by atoms with Crippen molar-refractivity contribution in [1.29, 1.82) is 0 Å². The highest BCUT2D eigenvalue weighted by Crippen LogP contribution is 2.27. The van der Waals surface area contributed by atoms with Gasteiger partial charge in [0.1, 0.15) is 6.61 Å². The molecule has 0 bridgehead atoms. The number of ether oxygens (including phenoxy) is 1. The minimum absolute atomic E-state index is 0.123. The molecule has 1 aromatic carbocycles. The SMILES string of the molecule is [C-]#[N+]c1ccc(C2=N[C@H](C(C)(C)C)CO2)cc1. The minimum Gasteiger partial charge on any atom is -0.475 e. The molecule has 3 heteroatoms. The Morgan fingerprint density at radius 2 is 1.94 bits per heavy atom. The molecule has 1 aliphatic heterocycles. The minimum atomic E-state index is 0.123. The van der Waals surface area contributed by atoms with Crippen LogP contribution in [0, 0.1) is 12.0 Å². The standard InChI is InChI=1S/C14H16N2O/c1-14(2,3)12-9-17-13(16-12)10-5-7-11(15-4)8-6-10/h5-8,12H,9H2,1-3H3/t12-/m0/s1. The van der Waals surface area contributed by atoms with Crippen molar-refractivity contribution in [3.05, 3.63) is 41.2 Å². The predicted molar refractivity (Wildman–Crippen MR) is 68.4 cm³/mol. The Morgan fingerprint density at radius 3 is 2.41 bits per heavy atom. The number of benzene rings is 1. The van der Waals surface area contributed by atoms with Gasteiger partial charge in [0, 0.05) is 5.56 Å². The number of hydrogen-bond acceptors (Lipinski definition) is 2. The molecule has 1 aliphatic rings. The predicted octanol–water partition coefficient (Wildman–Crippen LogP) is 3.43. The zero-order valence-corrected chi connectivity index (χ0v) is 10.4.